The Bertz CT molecular complexity index is 502. The van der Waals surface area contributed by atoms with E-state index in [-0.39, 0.29) is 6.54 Å². The molecule has 16 heavy (non-hydrogen) atoms. The quantitative estimate of drug-likeness (QED) is 0.601. The molecule has 1 heterocycles. The molecule has 0 bridgehead atoms. The average Bonchev–Trinajstić information content (AvgIpc) is 2.24. The third kappa shape index (κ3) is 2.57. The van der Waals surface area contributed by atoms with Gasteiger partial charge < -0.3 is 10.5 Å². The Kier molecular flexibility index (Phi) is 3.62. The summed E-state index contributed by atoms with van der Waals surface area (Å²) in [6.45, 7) is 1.52. The number of carbonyl (C=O) groups excluding carboxylic acids is 1. The number of nitrogens with one attached hydrogen (secondary N) is 1. The Morgan fingerprint density at radius 3 is 2.81 bits per heavy atom. The van der Waals surface area contributed by atoms with Crippen LogP contribution in [0.5, 0.6) is 0 Å². The summed E-state index contributed by atoms with van der Waals surface area (Å²) in [5.41, 5.74) is 4.81. The number of aryl methyl sites for hydroxylation is 1. The Morgan fingerprint density at radius 1 is 1.62 bits per heavy atom. The fourth-order valence-corrected chi connectivity index (χ4v) is 1.19. The molecule has 7 heteroatoms. The Labute approximate surface area is 90.8 Å². The van der Waals surface area contributed by atoms with Gasteiger partial charge in [0.2, 0.25) is 0 Å². The maximum Gasteiger partial charge on any atom is 0.328 e. The molecule has 1 aromatic heterocycles. The number of carbonyl (C=O) groups is 1. The van der Waals surface area contributed by atoms with E-state index in [2.05, 4.69) is 9.72 Å². The number of aromatic amines is 1. The van der Waals surface area contributed by atoms with E-state index in [9.17, 15) is 14.4 Å². The van der Waals surface area contributed by atoms with Crippen LogP contribution in [0.25, 0.3) is 0 Å². The van der Waals surface area contributed by atoms with Crippen LogP contribution in [0.3, 0.4) is 0 Å². The van der Waals surface area contributed by atoms with E-state index in [1.807, 2.05) is 0 Å². The lowest BCUT2D eigenvalue weighted by molar-refractivity contribution is -0.142. The topological polar surface area (TPSA) is 107 Å². The van der Waals surface area contributed by atoms with Crippen molar-refractivity contribution >= 4 is 5.97 Å². The molecule has 0 amide bonds. The van der Waals surface area contributed by atoms with Crippen molar-refractivity contribution in [3.05, 3.63) is 32.6 Å². The summed E-state index contributed by atoms with van der Waals surface area (Å²) < 4.78 is 5.59. The number of nitrogens with zero attached hydrogens (tertiary/aromatic N) is 1. The predicted molar refractivity (Wildman–Crippen MR) is 56.1 cm³/mol. The third-order valence-electron chi connectivity index (χ3n) is 2.09. The second-order valence-corrected chi connectivity index (χ2v) is 3.35. The summed E-state index contributed by atoms with van der Waals surface area (Å²) in [5.74, 6) is -0.615. The number of methoxy groups -OCH3 is 1. The Morgan fingerprint density at radius 2 is 2.25 bits per heavy atom. The van der Waals surface area contributed by atoms with Crippen LogP contribution in [0.15, 0.2) is 15.8 Å². The summed E-state index contributed by atoms with van der Waals surface area (Å²) in [4.78, 5) is 35.6. The van der Waals surface area contributed by atoms with Crippen LogP contribution in [0.4, 0.5) is 0 Å². The maximum absolute atomic E-state index is 11.3. The van der Waals surface area contributed by atoms with Crippen molar-refractivity contribution < 1.29 is 9.53 Å². The SMILES string of the molecule is COC(=O)C(N)Cn1cc(C)c(=O)[nH]c1=O. The summed E-state index contributed by atoms with van der Waals surface area (Å²) in [6.07, 6.45) is 1.35. The number of ether oxygens (including phenoxy) is 1. The van der Waals surface area contributed by atoms with Gasteiger partial charge in [0, 0.05) is 11.8 Å². The fourth-order valence-electron chi connectivity index (χ4n) is 1.19. The molecule has 0 saturated heterocycles. The van der Waals surface area contributed by atoms with Gasteiger partial charge in [-0.15, -0.1) is 0 Å². The average molecular weight is 227 g/mol. The summed E-state index contributed by atoms with van der Waals surface area (Å²) in [6, 6.07) is -0.937. The molecule has 0 saturated carbocycles. The molecule has 0 fully saturated rings. The minimum absolute atomic E-state index is 0.0386. The highest BCUT2D eigenvalue weighted by Crippen LogP contribution is 1.90. The van der Waals surface area contributed by atoms with Crippen molar-refractivity contribution in [3.63, 3.8) is 0 Å². The van der Waals surface area contributed by atoms with E-state index in [1.54, 1.807) is 6.92 Å². The highest BCUT2D eigenvalue weighted by Gasteiger charge is 2.15. The normalized spacial score (nSPS) is 12.2. The van der Waals surface area contributed by atoms with Crippen LogP contribution < -0.4 is 17.0 Å². The van der Waals surface area contributed by atoms with Gasteiger partial charge in [0.15, 0.2) is 0 Å². The number of H-pyrrole nitrogens is 1. The first kappa shape index (κ1) is 12.2. The first-order valence-corrected chi connectivity index (χ1v) is 4.59. The molecule has 0 spiro atoms. The molecule has 3 N–H and O–H groups in total. The second kappa shape index (κ2) is 4.75. The number of rotatable bonds is 3. The molecule has 1 unspecified atom stereocenters. The molecule has 0 radical (unpaired) electrons. The summed E-state index contributed by atoms with van der Waals surface area (Å²) in [7, 11) is 1.21. The van der Waals surface area contributed by atoms with Crippen LogP contribution in [0.1, 0.15) is 5.56 Å². The zero-order valence-electron chi connectivity index (χ0n) is 9.02. The number of hydrogen-bond acceptors (Lipinski definition) is 5. The van der Waals surface area contributed by atoms with E-state index in [1.165, 1.54) is 13.3 Å². The molecule has 1 rings (SSSR count). The lowest BCUT2D eigenvalue weighted by atomic mass is 10.3. The fraction of sp³-hybridized carbons (Fsp3) is 0.444. The molecule has 0 aliphatic heterocycles. The highest BCUT2D eigenvalue weighted by molar-refractivity contribution is 5.75. The maximum atomic E-state index is 11.3. The van der Waals surface area contributed by atoms with Crippen molar-refractivity contribution in [2.45, 2.75) is 19.5 Å². The zero-order valence-corrected chi connectivity index (χ0v) is 9.02. The van der Waals surface area contributed by atoms with Crippen LogP contribution in [-0.4, -0.2) is 28.7 Å². The molecule has 1 aromatic rings. The molecule has 0 aromatic carbocycles. The van der Waals surface area contributed by atoms with Crippen molar-refractivity contribution in [1.82, 2.24) is 9.55 Å². The first-order chi connectivity index (χ1) is 7.45. The van der Waals surface area contributed by atoms with Crippen LogP contribution in [0, 0.1) is 6.92 Å². The van der Waals surface area contributed by atoms with Gasteiger partial charge in [-0.1, -0.05) is 0 Å². The van der Waals surface area contributed by atoms with Gasteiger partial charge in [0.25, 0.3) is 5.56 Å². The highest BCUT2D eigenvalue weighted by atomic mass is 16.5. The van der Waals surface area contributed by atoms with Gasteiger partial charge in [0.1, 0.15) is 6.04 Å². The monoisotopic (exact) mass is 227 g/mol. The number of esters is 1. The van der Waals surface area contributed by atoms with Crippen molar-refractivity contribution in [1.29, 1.82) is 0 Å². The lowest BCUT2D eigenvalue weighted by Gasteiger charge is -2.11. The van der Waals surface area contributed by atoms with Gasteiger partial charge in [-0.05, 0) is 6.92 Å². The molecular formula is C9H13N3O4. The lowest BCUT2D eigenvalue weighted by Crippen LogP contribution is -2.41. The predicted octanol–water partition coefficient (Wildman–Crippen LogP) is -1.65. The number of nitrogens with two attached hydrogens (primary N) is 1. The second-order valence-electron chi connectivity index (χ2n) is 3.35. The number of hydrogen-bond donors (Lipinski definition) is 2. The number of aromatic nitrogens is 2. The van der Waals surface area contributed by atoms with Gasteiger partial charge >= 0.3 is 11.7 Å². The summed E-state index contributed by atoms with van der Waals surface area (Å²) in [5, 5.41) is 0. The molecular weight excluding hydrogens is 214 g/mol. The van der Waals surface area contributed by atoms with Crippen LogP contribution >= 0.6 is 0 Å². The van der Waals surface area contributed by atoms with Gasteiger partial charge in [-0.3, -0.25) is 19.1 Å². The van der Waals surface area contributed by atoms with Crippen molar-refractivity contribution in [3.8, 4) is 0 Å². The first-order valence-electron chi connectivity index (χ1n) is 4.59. The van der Waals surface area contributed by atoms with E-state index >= 15 is 0 Å². The molecule has 0 aliphatic carbocycles. The molecule has 1 atom stereocenters. The summed E-state index contributed by atoms with van der Waals surface area (Å²) >= 11 is 0. The van der Waals surface area contributed by atoms with Gasteiger partial charge in [-0.25, -0.2) is 4.79 Å². The molecule has 0 aliphatic rings. The van der Waals surface area contributed by atoms with Crippen molar-refractivity contribution in [2.75, 3.05) is 7.11 Å². The van der Waals surface area contributed by atoms with E-state index < -0.39 is 23.3 Å². The standard InChI is InChI=1S/C9H13N3O4/c1-5-3-12(9(15)11-7(5)13)4-6(10)8(14)16-2/h3,6H,4,10H2,1-2H3,(H,11,13,15). The van der Waals surface area contributed by atoms with Crippen LogP contribution in [-0.2, 0) is 16.1 Å². The van der Waals surface area contributed by atoms with Gasteiger partial charge in [-0.2, -0.15) is 0 Å². The smallest absolute Gasteiger partial charge is 0.328 e. The minimum atomic E-state index is -0.937. The third-order valence-corrected chi connectivity index (χ3v) is 2.09. The van der Waals surface area contributed by atoms with Crippen molar-refractivity contribution in [2.24, 2.45) is 5.73 Å². The van der Waals surface area contributed by atoms with E-state index in [0.717, 1.165) is 4.57 Å². The van der Waals surface area contributed by atoms with E-state index in [0.29, 0.717) is 5.56 Å². The Balaban J connectivity index is 2.98. The zero-order chi connectivity index (χ0) is 12.3. The van der Waals surface area contributed by atoms with Gasteiger partial charge in [0.05, 0.1) is 13.7 Å². The van der Waals surface area contributed by atoms with Crippen LogP contribution in [0.2, 0.25) is 0 Å². The minimum Gasteiger partial charge on any atom is -0.468 e. The van der Waals surface area contributed by atoms with E-state index in [4.69, 9.17) is 5.73 Å². The molecule has 7 nitrogen and oxygen atoms in total. The Hall–Kier alpha value is -1.89. The molecule has 88 valence electrons. The largest absolute Gasteiger partial charge is 0.468 e.